The Kier molecular flexibility index (Phi) is 8.10. The summed E-state index contributed by atoms with van der Waals surface area (Å²) < 4.78 is 16.5. The summed E-state index contributed by atoms with van der Waals surface area (Å²) in [6, 6.07) is 16.9. The molecule has 0 saturated carbocycles. The summed E-state index contributed by atoms with van der Waals surface area (Å²) in [5, 5.41) is 2.75. The van der Waals surface area contributed by atoms with Gasteiger partial charge < -0.3 is 19.5 Å². The molecular weight excluding hydrogens is 430 g/mol. The van der Waals surface area contributed by atoms with Gasteiger partial charge >= 0.3 is 6.09 Å². The van der Waals surface area contributed by atoms with Gasteiger partial charge in [-0.25, -0.2) is 9.64 Å². The van der Waals surface area contributed by atoms with Crippen LogP contribution in [0.3, 0.4) is 0 Å². The summed E-state index contributed by atoms with van der Waals surface area (Å²) in [4.78, 5) is 19.9. The first kappa shape index (κ1) is 24.6. The smallest absolute Gasteiger partial charge is 0.407 e. The summed E-state index contributed by atoms with van der Waals surface area (Å²) in [7, 11) is 1.63. The van der Waals surface area contributed by atoms with Crippen LogP contribution in [-0.4, -0.2) is 30.3 Å². The van der Waals surface area contributed by atoms with E-state index >= 15 is 0 Å². The van der Waals surface area contributed by atoms with Crippen molar-refractivity contribution in [1.29, 1.82) is 0 Å². The van der Waals surface area contributed by atoms with Crippen molar-refractivity contribution in [3.63, 3.8) is 0 Å². The number of alkyl carbamates (subject to hydrolysis) is 1. The van der Waals surface area contributed by atoms with Gasteiger partial charge in [0.1, 0.15) is 23.7 Å². The van der Waals surface area contributed by atoms with E-state index in [0.29, 0.717) is 31.0 Å². The number of methoxy groups -OCH3 is 1. The van der Waals surface area contributed by atoms with Crippen LogP contribution in [-0.2, 0) is 17.8 Å². The number of hydrogen-bond acceptors (Lipinski definition) is 5. The van der Waals surface area contributed by atoms with Crippen LogP contribution in [0.5, 0.6) is 11.5 Å². The standard InChI is InChI=1S/C27H29N3O4/c1-27(2,3)34-26(31)29-15-14-19-8-13-24(30-17-19)23-12-9-21(28-4)16-25(23)33-18-20-6-10-22(32-5)11-7-20/h6-13,16-17H,14-15,18H2,1-3,5H3,(H,29,31). The van der Waals surface area contributed by atoms with Gasteiger partial charge in [0, 0.05) is 18.3 Å². The van der Waals surface area contributed by atoms with Crippen molar-refractivity contribution in [3.05, 3.63) is 83.3 Å². The summed E-state index contributed by atoms with van der Waals surface area (Å²) in [6.45, 7) is 13.6. The minimum Gasteiger partial charge on any atom is -0.497 e. The van der Waals surface area contributed by atoms with Crippen molar-refractivity contribution in [2.45, 2.75) is 39.4 Å². The van der Waals surface area contributed by atoms with E-state index in [-0.39, 0.29) is 0 Å². The molecule has 0 bridgehead atoms. The maximum Gasteiger partial charge on any atom is 0.407 e. The average Bonchev–Trinajstić information content (AvgIpc) is 2.82. The third-order valence-corrected chi connectivity index (χ3v) is 4.83. The summed E-state index contributed by atoms with van der Waals surface area (Å²) in [5.74, 6) is 1.38. The number of aromatic nitrogens is 1. The highest BCUT2D eigenvalue weighted by atomic mass is 16.6. The molecule has 3 aromatic rings. The van der Waals surface area contributed by atoms with Gasteiger partial charge in [0.25, 0.3) is 0 Å². The fourth-order valence-electron chi connectivity index (χ4n) is 3.15. The van der Waals surface area contributed by atoms with Gasteiger partial charge in [-0.05, 0) is 62.6 Å². The van der Waals surface area contributed by atoms with E-state index in [1.165, 1.54) is 0 Å². The van der Waals surface area contributed by atoms with Crippen LogP contribution in [0.15, 0.2) is 60.8 Å². The number of carbonyl (C=O) groups is 1. The summed E-state index contributed by atoms with van der Waals surface area (Å²) in [6.07, 6.45) is 1.97. The average molecular weight is 460 g/mol. The largest absolute Gasteiger partial charge is 0.497 e. The minimum atomic E-state index is -0.525. The van der Waals surface area contributed by atoms with Gasteiger partial charge in [-0.1, -0.05) is 30.3 Å². The van der Waals surface area contributed by atoms with E-state index in [0.717, 1.165) is 28.1 Å². The zero-order valence-corrected chi connectivity index (χ0v) is 19.9. The molecule has 2 aromatic carbocycles. The molecule has 34 heavy (non-hydrogen) atoms. The molecule has 1 aromatic heterocycles. The van der Waals surface area contributed by atoms with Crippen molar-refractivity contribution in [2.75, 3.05) is 13.7 Å². The molecular formula is C27H29N3O4. The first-order chi connectivity index (χ1) is 16.3. The summed E-state index contributed by atoms with van der Waals surface area (Å²) >= 11 is 0. The Balaban J connectivity index is 1.67. The highest BCUT2D eigenvalue weighted by molar-refractivity contribution is 5.71. The third-order valence-electron chi connectivity index (χ3n) is 4.83. The van der Waals surface area contributed by atoms with E-state index in [4.69, 9.17) is 20.8 Å². The Labute approximate surface area is 200 Å². The minimum absolute atomic E-state index is 0.354. The molecule has 0 atom stereocenters. The van der Waals surface area contributed by atoms with Crippen LogP contribution in [0.2, 0.25) is 0 Å². The second-order valence-corrected chi connectivity index (χ2v) is 8.66. The fraction of sp³-hybridized carbons (Fsp3) is 0.296. The molecule has 1 heterocycles. The molecule has 3 rings (SSSR count). The van der Waals surface area contributed by atoms with Crippen LogP contribution in [0.25, 0.3) is 16.1 Å². The lowest BCUT2D eigenvalue weighted by molar-refractivity contribution is 0.0528. The Morgan fingerprint density at radius 3 is 2.41 bits per heavy atom. The molecule has 0 aliphatic rings. The quantitative estimate of drug-likeness (QED) is 0.421. The van der Waals surface area contributed by atoms with E-state index in [1.807, 2.05) is 63.2 Å². The molecule has 0 fully saturated rings. The number of nitrogens with zero attached hydrogens (tertiary/aromatic N) is 2. The van der Waals surface area contributed by atoms with Crippen molar-refractivity contribution in [2.24, 2.45) is 0 Å². The number of hydrogen-bond donors (Lipinski definition) is 1. The number of rotatable bonds is 8. The number of pyridine rings is 1. The second kappa shape index (κ2) is 11.2. The molecule has 7 heteroatoms. The molecule has 0 saturated heterocycles. The normalized spacial score (nSPS) is 10.8. The maximum absolute atomic E-state index is 11.8. The number of carbonyl (C=O) groups excluding carboxylic acids is 1. The van der Waals surface area contributed by atoms with Crippen molar-refractivity contribution in [1.82, 2.24) is 10.3 Å². The fourth-order valence-corrected chi connectivity index (χ4v) is 3.15. The molecule has 0 unspecified atom stereocenters. The molecule has 0 aliphatic heterocycles. The van der Waals surface area contributed by atoms with Crippen molar-refractivity contribution >= 4 is 11.8 Å². The Hall–Kier alpha value is -4.05. The zero-order valence-electron chi connectivity index (χ0n) is 19.9. The molecule has 0 radical (unpaired) electrons. The van der Waals surface area contributed by atoms with Gasteiger partial charge in [0.2, 0.25) is 0 Å². The first-order valence-electron chi connectivity index (χ1n) is 11.0. The van der Waals surface area contributed by atoms with Crippen molar-refractivity contribution < 1.29 is 19.0 Å². The van der Waals surface area contributed by atoms with E-state index in [2.05, 4.69) is 15.1 Å². The number of nitrogens with one attached hydrogen (secondary N) is 1. The number of ether oxygens (including phenoxy) is 3. The molecule has 0 aliphatic carbocycles. The molecule has 0 spiro atoms. The summed E-state index contributed by atoms with van der Waals surface area (Å²) in [5.41, 5.74) is 3.49. The third kappa shape index (κ3) is 7.24. The topological polar surface area (TPSA) is 74.0 Å². The molecule has 1 N–H and O–H groups in total. The van der Waals surface area contributed by atoms with Gasteiger partial charge in [-0.3, -0.25) is 4.98 Å². The van der Waals surface area contributed by atoms with Gasteiger partial charge in [0.05, 0.1) is 19.4 Å². The van der Waals surface area contributed by atoms with Crippen LogP contribution in [0.4, 0.5) is 10.5 Å². The monoisotopic (exact) mass is 459 g/mol. The van der Waals surface area contributed by atoms with Crippen LogP contribution >= 0.6 is 0 Å². The van der Waals surface area contributed by atoms with E-state index in [9.17, 15) is 4.79 Å². The zero-order chi connectivity index (χ0) is 24.6. The first-order valence-corrected chi connectivity index (χ1v) is 11.0. The molecule has 7 nitrogen and oxygen atoms in total. The molecule has 1 amide bonds. The predicted molar refractivity (Wildman–Crippen MR) is 131 cm³/mol. The van der Waals surface area contributed by atoms with Gasteiger partial charge in [-0.15, -0.1) is 0 Å². The highest BCUT2D eigenvalue weighted by Gasteiger charge is 2.15. The SMILES string of the molecule is [C-]#[N+]c1ccc(-c2ccc(CCNC(=O)OC(C)(C)C)cn2)c(OCc2ccc(OC)cc2)c1. The Bertz CT molecular complexity index is 1140. The Morgan fingerprint density at radius 1 is 1.06 bits per heavy atom. The Morgan fingerprint density at radius 2 is 1.79 bits per heavy atom. The predicted octanol–water partition coefficient (Wildman–Crippen LogP) is 5.95. The van der Waals surface area contributed by atoms with Crippen LogP contribution in [0, 0.1) is 6.57 Å². The van der Waals surface area contributed by atoms with Crippen LogP contribution in [0.1, 0.15) is 31.9 Å². The van der Waals surface area contributed by atoms with Crippen molar-refractivity contribution in [3.8, 4) is 22.8 Å². The van der Waals surface area contributed by atoms with Gasteiger partial charge in [-0.2, -0.15) is 0 Å². The molecule has 176 valence electrons. The lowest BCUT2D eigenvalue weighted by Crippen LogP contribution is -2.33. The lowest BCUT2D eigenvalue weighted by atomic mass is 10.1. The maximum atomic E-state index is 11.8. The van der Waals surface area contributed by atoms with E-state index in [1.54, 1.807) is 25.4 Å². The number of benzene rings is 2. The van der Waals surface area contributed by atoms with Crippen LogP contribution < -0.4 is 14.8 Å². The number of amides is 1. The second-order valence-electron chi connectivity index (χ2n) is 8.66. The van der Waals surface area contributed by atoms with Gasteiger partial charge in [0.15, 0.2) is 5.69 Å². The lowest BCUT2D eigenvalue weighted by Gasteiger charge is -2.19. The van der Waals surface area contributed by atoms with E-state index < -0.39 is 11.7 Å². The highest BCUT2D eigenvalue weighted by Crippen LogP contribution is 2.33.